The Hall–Kier alpha value is -1.06. The topological polar surface area (TPSA) is 55.2 Å². The second-order valence-corrected chi connectivity index (χ2v) is 1.54. The zero-order valence-corrected chi connectivity index (χ0v) is 4.55. The highest BCUT2D eigenvalue weighted by atomic mass is 32.1. The van der Waals surface area contributed by atoms with Crippen molar-refractivity contribution >= 4 is 23.6 Å². The van der Waals surface area contributed by atoms with Crippen LogP contribution in [0.2, 0.25) is 0 Å². The lowest BCUT2D eigenvalue weighted by Gasteiger charge is -1.66. The van der Waals surface area contributed by atoms with E-state index in [1.165, 1.54) is 11.6 Å². The van der Waals surface area contributed by atoms with Crippen LogP contribution in [0, 0.1) is 0 Å². The zero-order valence-electron chi connectivity index (χ0n) is 3.74. The maximum Gasteiger partial charge on any atom is 0.272 e. The van der Waals surface area contributed by atoms with Gasteiger partial charge in [-0.15, -0.1) is 4.99 Å². The summed E-state index contributed by atoms with van der Waals surface area (Å²) in [4.78, 5) is 16.2. The van der Waals surface area contributed by atoms with Crippen LogP contribution in [-0.4, -0.2) is 15.4 Å². The lowest BCUT2D eigenvalue weighted by molar-refractivity contribution is 0.565. The minimum absolute atomic E-state index is 0.185. The predicted molar refractivity (Wildman–Crippen MR) is 27.7 cm³/mol. The molecule has 4 nitrogen and oxygen atoms in total. The third-order valence-corrected chi connectivity index (χ3v) is 0.964. The predicted octanol–water partition coefficient (Wildman–Crippen LogP) is 0.505. The van der Waals surface area contributed by atoms with Crippen molar-refractivity contribution in [2.75, 3.05) is 0 Å². The van der Waals surface area contributed by atoms with Crippen molar-refractivity contribution in [3.63, 3.8) is 0 Å². The van der Waals surface area contributed by atoms with Crippen LogP contribution in [0.5, 0.6) is 0 Å². The molecule has 0 N–H and O–H groups in total. The van der Waals surface area contributed by atoms with Gasteiger partial charge >= 0.3 is 0 Å². The molecule has 5 heteroatoms. The molecule has 8 heavy (non-hydrogen) atoms. The summed E-state index contributed by atoms with van der Waals surface area (Å²) >= 11 is 1.15. The number of rotatable bonds is 1. The third kappa shape index (κ3) is 0.959. The van der Waals surface area contributed by atoms with Gasteiger partial charge in [0.25, 0.3) is 5.95 Å². The summed E-state index contributed by atoms with van der Waals surface area (Å²) in [6, 6.07) is 0. The molecule has 0 fully saturated rings. The van der Waals surface area contributed by atoms with Gasteiger partial charge in [-0.3, -0.25) is 0 Å². The number of nitrogens with zero attached hydrogens (tertiary/aromatic N) is 3. The molecule has 1 aromatic heterocycles. The van der Waals surface area contributed by atoms with Crippen LogP contribution in [0.3, 0.4) is 0 Å². The van der Waals surface area contributed by atoms with Gasteiger partial charge in [0.2, 0.25) is 6.08 Å². The molecular formula is C3HN3OS. The number of isocyanates is 1. The number of carbonyl (C=O) groups excluding carboxylic acids is 1. The van der Waals surface area contributed by atoms with E-state index in [2.05, 4.69) is 14.3 Å². The molecule has 1 heterocycles. The summed E-state index contributed by atoms with van der Waals surface area (Å²) in [5.74, 6) is 0.185. The van der Waals surface area contributed by atoms with Crippen LogP contribution in [-0.2, 0) is 4.79 Å². The Morgan fingerprint density at radius 2 is 2.75 bits per heavy atom. The average Bonchev–Trinajstić information content (AvgIpc) is 2.19. The molecule has 0 saturated heterocycles. The van der Waals surface area contributed by atoms with Gasteiger partial charge in [0.15, 0.2) is 0 Å². The summed E-state index contributed by atoms with van der Waals surface area (Å²) in [5, 5.41) is 0. The van der Waals surface area contributed by atoms with Crippen LogP contribution in [0.25, 0.3) is 0 Å². The van der Waals surface area contributed by atoms with Crippen LogP contribution in [0.1, 0.15) is 0 Å². The van der Waals surface area contributed by atoms with E-state index in [-0.39, 0.29) is 5.95 Å². The Balaban J connectivity index is 2.93. The molecule has 0 unspecified atom stereocenters. The monoisotopic (exact) mass is 127 g/mol. The molecule has 0 saturated carbocycles. The zero-order chi connectivity index (χ0) is 5.82. The van der Waals surface area contributed by atoms with E-state index < -0.39 is 0 Å². The van der Waals surface area contributed by atoms with E-state index in [0.29, 0.717) is 0 Å². The lowest BCUT2D eigenvalue weighted by atomic mass is 11.1. The highest BCUT2D eigenvalue weighted by molar-refractivity contribution is 7.03. The SMILES string of the molecule is O=C=Nc1ncsn1. The molecule has 0 radical (unpaired) electrons. The smallest absolute Gasteiger partial charge is 0.211 e. The van der Waals surface area contributed by atoms with E-state index in [0.717, 1.165) is 11.5 Å². The molecule has 0 bridgehead atoms. The second-order valence-electron chi connectivity index (χ2n) is 0.934. The van der Waals surface area contributed by atoms with E-state index in [1.807, 2.05) is 0 Å². The first kappa shape index (κ1) is 5.08. The maximum absolute atomic E-state index is 9.51. The van der Waals surface area contributed by atoms with Crippen molar-refractivity contribution in [2.24, 2.45) is 4.99 Å². The molecule has 0 aliphatic carbocycles. The van der Waals surface area contributed by atoms with Gasteiger partial charge in [0.05, 0.1) is 0 Å². The third-order valence-electron chi connectivity index (χ3n) is 0.495. The van der Waals surface area contributed by atoms with Crippen LogP contribution >= 0.6 is 11.5 Å². The standard InChI is InChI=1S/C3HN3OS/c7-1-4-3-5-2-8-6-3/h2H. The van der Waals surface area contributed by atoms with Gasteiger partial charge in [-0.2, -0.15) is 4.37 Å². The molecule has 1 aromatic rings. The minimum Gasteiger partial charge on any atom is -0.211 e. The highest BCUT2D eigenvalue weighted by Crippen LogP contribution is 2.01. The summed E-state index contributed by atoms with van der Waals surface area (Å²) in [5.41, 5.74) is 1.50. The Kier molecular flexibility index (Phi) is 1.46. The number of aromatic nitrogens is 2. The quantitative estimate of drug-likeness (QED) is 0.408. The second kappa shape index (κ2) is 2.30. The average molecular weight is 127 g/mol. The summed E-state index contributed by atoms with van der Waals surface area (Å²) in [7, 11) is 0. The summed E-state index contributed by atoms with van der Waals surface area (Å²) in [6.07, 6.45) is 1.33. The molecule has 0 atom stereocenters. The molecule has 0 amide bonds. The van der Waals surface area contributed by atoms with E-state index in [1.54, 1.807) is 0 Å². The Morgan fingerprint density at radius 3 is 3.25 bits per heavy atom. The van der Waals surface area contributed by atoms with Crippen molar-refractivity contribution in [3.8, 4) is 0 Å². The first-order chi connectivity index (χ1) is 3.93. The number of hydrogen-bond donors (Lipinski definition) is 0. The van der Waals surface area contributed by atoms with Gasteiger partial charge < -0.3 is 0 Å². The van der Waals surface area contributed by atoms with E-state index in [9.17, 15) is 4.79 Å². The van der Waals surface area contributed by atoms with Crippen molar-refractivity contribution < 1.29 is 4.79 Å². The van der Waals surface area contributed by atoms with Gasteiger partial charge in [0, 0.05) is 0 Å². The minimum atomic E-state index is 0.185. The first-order valence-corrected chi connectivity index (χ1v) is 2.61. The van der Waals surface area contributed by atoms with E-state index in [4.69, 9.17) is 0 Å². The fraction of sp³-hybridized carbons (Fsp3) is 0. The first-order valence-electron chi connectivity index (χ1n) is 1.78. The van der Waals surface area contributed by atoms with Crippen molar-refractivity contribution in [1.82, 2.24) is 9.36 Å². The van der Waals surface area contributed by atoms with Crippen LogP contribution < -0.4 is 0 Å². The molecule has 0 aromatic carbocycles. The van der Waals surface area contributed by atoms with Gasteiger partial charge in [-0.1, -0.05) is 0 Å². The summed E-state index contributed by atoms with van der Waals surface area (Å²) < 4.78 is 3.61. The Morgan fingerprint density at radius 1 is 1.88 bits per heavy atom. The molecular weight excluding hydrogens is 126 g/mol. The normalized spacial score (nSPS) is 8.00. The van der Waals surface area contributed by atoms with Gasteiger partial charge in [0.1, 0.15) is 5.51 Å². The van der Waals surface area contributed by atoms with Crippen LogP contribution in [0.4, 0.5) is 5.95 Å². The van der Waals surface area contributed by atoms with Crippen molar-refractivity contribution in [3.05, 3.63) is 5.51 Å². The fourth-order valence-electron chi connectivity index (χ4n) is 0.255. The number of aliphatic imine (C=N–C) groups is 1. The lowest BCUT2D eigenvalue weighted by Crippen LogP contribution is -1.60. The highest BCUT2D eigenvalue weighted by Gasteiger charge is 1.86. The maximum atomic E-state index is 9.51. The van der Waals surface area contributed by atoms with E-state index >= 15 is 0 Å². The van der Waals surface area contributed by atoms with Crippen LogP contribution in [0.15, 0.2) is 10.5 Å². The summed E-state index contributed by atoms with van der Waals surface area (Å²) in [6.45, 7) is 0. The van der Waals surface area contributed by atoms with Gasteiger partial charge in [-0.25, -0.2) is 9.78 Å². The fourth-order valence-corrected chi connectivity index (χ4v) is 0.626. The largest absolute Gasteiger partial charge is 0.272 e. The van der Waals surface area contributed by atoms with Gasteiger partial charge in [-0.05, 0) is 11.5 Å². The Labute approximate surface area is 49.1 Å². The molecule has 1 rings (SSSR count). The number of hydrogen-bond acceptors (Lipinski definition) is 5. The Bertz CT molecular complexity index is 200. The molecule has 40 valence electrons. The molecule has 0 spiro atoms. The van der Waals surface area contributed by atoms with Crippen molar-refractivity contribution in [1.29, 1.82) is 0 Å². The molecule has 0 aliphatic rings. The van der Waals surface area contributed by atoms with Crippen molar-refractivity contribution in [2.45, 2.75) is 0 Å². The molecule has 0 aliphatic heterocycles.